The molecule has 0 fully saturated rings. The van der Waals surface area contributed by atoms with E-state index in [4.69, 9.17) is 4.74 Å². The Morgan fingerprint density at radius 3 is 2.68 bits per heavy atom. The summed E-state index contributed by atoms with van der Waals surface area (Å²) in [4.78, 5) is 31.2. The Kier molecular flexibility index (Phi) is 8.29. The topological polar surface area (TPSA) is 125 Å². The molecule has 224 valence electrons. The normalized spacial score (nSPS) is 11.5. The molecule has 6 aromatic rings. The van der Waals surface area contributed by atoms with E-state index in [1.54, 1.807) is 24.8 Å². The van der Waals surface area contributed by atoms with Crippen LogP contribution >= 0.6 is 0 Å². The Balaban J connectivity index is 1.33. The number of likely N-dealkylation sites (N-methyl/N-ethyl adjacent to an activating group) is 1. The Morgan fingerprint density at radius 1 is 0.977 bits per heavy atom. The fourth-order valence-electron chi connectivity index (χ4n) is 5.03. The highest BCUT2D eigenvalue weighted by atomic mass is 19.1. The molecule has 1 amide bonds. The molecule has 0 aliphatic carbocycles. The van der Waals surface area contributed by atoms with Crippen LogP contribution in [-0.4, -0.2) is 68.2 Å². The number of amides is 1. The molecule has 11 heteroatoms. The van der Waals surface area contributed by atoms with Crippen LogP contribution in [-0.2, 0) is 4.79 Å². The van der Waals surface area contributed by atoms with Gasteiger partial charge in [0.1, 0.15) is 23.9 Å². The zero-order valence-corrected chi connectivity index (χ0v) is 24.8. The molecule has 44 heavy (non-hydrogen) atoms. The van der Waals surface area contributed by atoms with Gasteiger partial charge in [-0.15, -0.1) is 0 Å². The van der Waals surface area contributed by atoms with E-state index in [2.05, 4.69) is 42.4 Å². The van der Waals surface area contributed by atoms with Crippen molar-refractivity contribution in [1.29, 1.82) is 0 Å². The monoisotopic (exact) mass is 592 g/mol. The van der Waals surface area contributed by atoms with E-state index in [0.29, 0.717) is 53.7 Å². The van der Waals surface area contributed by atoms with Gasteiger partial charge >= 0.3 is 0 Å². The van der Waals surface area contributed by atoms with Crippen molar-refractivity contribution in [2.75, 3.05) is 32.6 Å². The molecule has 0 unspecified atom stereocenters. The number of ether oxygens (including phenoxy) is 1. The number of unbranched alkanes of at least 4 members (excludes halogenated alkanes) is 1. The summed E-state index contributed by atoms with van der Waals surface area (Å²) in [5.74, 6) is 0.0217. The predicted octanol–water partition coefficient (Wildman–Crippen LogP) is 6.44. The maximum absolute atomic E-state index is 14.6. The lowest BCUT2D eigenvalue weighted by Crippen LogP contribution is -2.19. The number of aromatic amines is 2. The average molecular weight is 593 g/mol. The second-order valence-electron chi connectivity index (χ2n) is 10.9. The first-order valence-electron chi connectivity index (χ1n) is 14.5. The summed E-state index contributed by atoms with van der Waals surface area (Å²) in [6, 6.07) is 12.3. The van der Waals surface area contributed by atoms with Gasteiger partial charge in [0.15, 0.2) is 0 Å². The molecule has 0 atom stereocenters. The zero-order valence-electron chi connectivity index (χ0n) is 24.8. The summed E-state index contributed by atoms with van der Waals surface area (Å²) in [5.41, 5.74) is 6.41. The maximum atomic E-state index is 14.6. The van der Waals surface area contributed by atoms with Gasteiger partial charge in [-0.05, 0) is 56.9 Å². The van der Waals surface area contributed by atoms with Crippen LogP contribution in [0.2, 0.25) is 0 Å². The molecule has 5 heterocycles. The molecular formula is C33H33FN8O2. The second-order valence-corrected chi connectivity index (χ2v) is 10.9. The Hall–Kier alpha value is -5.16. The number of hydrogen-bond donors (Lipinski definition) is 3. The zero-order chi connectivity index (χ0) is 30.6. The SMILES string of the molecule is CCCCC(=O)Nc1cncc(-c2cc3c(-c4cc5c(-c6cc(F)cc(OCCN(C)C)c6)nccc5[nH]4)n[nH]c3cn2)c1. The van der Waals surface area contributed by atoms with Crippen LogP contribution in [0.3, 0.4) is 0 Å². The van der Waals surface area contributed by atoms with E-state index in [0.717, 1.165) is 45.9 Å². The molecular weight excluding hydrogens is 559 g/mol. The number of fused-ring (bicyclic) bond motifs is 2. The first-order valence-corrected chi connectivity index (χ1v) is 14.5. The fourth-order valence-corrected chi connectivity index (χ4v) is 5.03. The van der Waals surface area contributed by atoms with Crippen molar-refractivity contribution < 1.29 is 13.9 Å². The molecule has 0 radical (unpaired) electrons. The van der Waals surface area contributed by atoms with Gasteiger partial charge in [0.2, 0.25) is 5.91 Å². The van der Waals surface area contributed by atoms with Crippen molar-refractivity contribution in [2.24, 2.45) is 0 Å². The summed E-state index contributed by atoms with van der Waals surface area (Å²) in [7, 11) is 3.92. The molecule has 0 spiro atoms. The number of carbonyl (C=O) groups is 1. The number of H-pyrrole nitrogens is 2. The van der Waals surface area contributed by atoms with Gasteiger partial charge in [0, 0.05) is 58.8 Å². The number of nitrogens with zero attached hydrogens (tertiary/aromatic N) is 5. The summed E-state index contributed by atoms with van der Waals surface area (Å²) in [6.07, 6.45) is 9.02. The van der Waals surface area contributed by atoms with Crippen molar-refractivity contribution in [2.45, 2.75) is 26.2 Å². The summed E-state index contributed by atoms with van der Waals surface area (Å²) >= 11 is 0. The summed E-state index contributed by atoms with van der Waals surface area (Å²) in [5, 5.41) is 12.3. The minimum atomic E-state index is -0.394. The third kappa shape index (κ3) is 6.28. The van der Waals surface area contributed by atoms with Gasteiger partial charge in [-0.25, -0.2) is 4.39 Å². The molecule has 0 saturated carbocycles. The smallest absolute Gasteiger partial charge is 0.224 e. The first-order chi connectivity index (χ1) is 21.4. The number of carbonyl (C=O) groups excluding carboxylic acids is 1. The standard InChI is InChI=1S/C33H33FN8O2/c1-4-5-6-31(43)38-23-12-21(17-35-18-23)28-15-26-30(19-37-28)40-41-33(26)29-16-25-27(39-29)7-8-36-32(25)20-11-22(34)14-24(13-20)44-10-9-42(2)3/h7-8,11-19,39H,4-6,9-10H2,1-3H3,(H,38,43)(H,40,41). The van der Waals surface area contributed by atoms with Gasteiger partial charge in [-0.2, -0.15) is 5.10 Å². The first kappa shape index (κ1) is 28.9. The van der Waals surface area contributed by atoms with Crippen molar-refractivity contribution in [1.82, 2.24) is 35.0 Å². The number of benzene rings is 1. The quantitative estimate of drug-likeness (QED) is 0.158. The molecule has 5 aromatic heterocycles. The highest BCUT2D eigenvalue weighted by molar-refractivity contribution is 6.00. The number of pyridine rings is 3. The van der Waals surface area contributed by atoms with E-state index < -0.39 is 5.82 Å². The molecule has 10 nitrogen and oxygen atoms in total. The van der Waals surface area contributed by atoms with E-state index in [9.17, 15) is 9.18 Å². The van der Waals surface area contributed by atoms with Crippen LogP contribution in [0.1, 0.15) is 26.2 Å². The second kappa shape index (κ2) is 12.6. The number of anilines is 1. The van der Waals surface area contributed by atoms with Gasteiger partial charge in [-0.3, -0.25) is 24.8 Å². The highest BCUT2D eigenvalue weighted by Gasteiger charge is 2.17. The molecule has 0 aliphatic heterocycles. The minimum Gasteiger partial charge on any atom is -0.492 e. The molecule has 6 rings (SSSR count). The molecule has 0 aliphatic rings. The predicted molar refractivity (Wildman–Crippen MR) is 170 cm³/mol. The largest absolute Gasteiger partial charge is 0.492 e. The lowest BCUT2D eigenvalue weighted by Gasteiger charge is -2.12. The van der Waals surface area contributed by atoms with E-state index in [1.165, 1.54) is 12.1 Å². The highest BCUT2D eigenvalue weighted by Crippen LogP contribution is 2.35. The number of aromatic nitrogens is 6. The van der Waals surface area contributed by atoms with Gasteiger partial charge in [0.05, 0.1) is 40.7 Å². The summed E-state index contributed by atoms with van der Waals surface area (Å²) < 4.78 is 20.5. The number of nitrogens with one attached hydrogen (secondary N) is 3. The third-order valence-electron chi connectivity index (χ3n) is 7.28. The van der Waals surface area contributed by atoms with Crippen LogP contribution in [0.25, 0.3) is 55.7 Å². The van der Waals surface area contributed by atoms with Gasteiger partial charge < -0.3 is 19.9 Å². The van der Waals surface area contributed by atoms with Crippen LogP contribution < -0.4 is 10.1 Å². The van der Waals surface area contributed by atoms with Crippen molar-refractivity contribution in [3.63, 3.8) is 0 Å². The van der Waals surface area contributed by atoms with Crippen LogP contribution in [0.4, 0.5) is 10.1 Å². The van der Waals surface area contributed by atoms with Crippen LogP contribution in [0, 0.1) is 5.82 Å². The lowest BCUT2D eigenvalue weighted by molar-refractivity contribution is -0.116. The number of hydrogen-bond acceptors (Lipinski definition) is 7. The third-order valence-corrected chi connectivity index (χ3v) is 7.28. The molecule has 0 saturated heterocycles. The van der Waals surface area contributed by atoms with E-state index in [1.807, 2.05) is 49.3 Å². The lowest BCUT2D eigenvalue weighted by atomic mass is 10.1. The Morgan fingerprint density at radius 2 is 1.84 bits per heavy atom. The summed E-state index contributed by atoms with van der Waals surface area (Å²) in [6.45, 7) is 3.21. The fraction of sp³-hybridized carbons (Fsp3) is 0.242. The van der Waals surface area contributed by atoms with Gasteiger partial charge in [0.25, 0.3) is 0 Å². The number of rotatable bonds is 11. The van der Waals surface area contributed by atoms with E-state index in [-0.39, 0.29) is 5.91 Å². The van der Waals surface area contributed by atoms with Crippen molar-refractivity contribution in [3.05, 3.63) is 73.1 Å². The number of halogens is 1. The van der Waals surface area contributed by atoms with Crippen LogP contribution in [0.5, 0.6) is 5.75 Å². The molecule has 1 aromatic carbocycles. The van der Waals surface area contributed by atoms with Crippen LogP contribution in [0.15, 0.2) is 67.3 Å². The van der Waals surface area contributed by atoms with Crippen molar-refractivity contribution >= 4 is 33.4 Å². The maximum Gasteiger partial charge on any atom is 0.224 e. The Bertz CT molecular complexity index is 1950. The van der Waals surface area contributed by atoms with Gasteiger partial charge in [-0.1, -0.05) is 13.3 Å². The van der Waals surface area contributed by atoms with Crippen molar-refractivity contribution in [3.8, 4) is 39.7 Å². The average Bonchev–Trinajstić information content (AvgIpc) is 3.63. The minimum absolute atomic E-state index is 0.0367. The molecule has 0 bridgehead atoms. The van der Waals surface area contributed by atoms with E-state index >= 15 is 0 Å². The Labute approximate surface area is 253 Å². The molecule has 3 N–H and O–H groups in total.